The molecule has 0 saturated heterocycles. The van der Waals surface area contributed by atoms with E-state index in [2.05, 4.69) is 4.74 Å². The number of hydrogen-bond donors (Lipinski definition) is 1. The van der Waals surface area contributed by atoms with Crippen LogP contribution in [0, 0.1) is 0 Å². The summed E-state index contributed by atoms with van der Waals surface area (Å²) in [6.07, 6.45) is -2.15. The average molecular weight is 236 g/mol. The molecular weight excluding hydrogens is 226 g/mol. The lowest BCUT2D eigenvalue weighted by atomic mass is 10.1. The van der Waals surface area contributed by atoms with E-state index < -0.39 is 18.0 Å². The van der Waals surface area contributed by atoms with E-state index in [1.807, 2.05) is 0 Å². The smallest absolute Gasteiger partial charge is 0.380 e. The van der Waals surface area contributed by atoms with Gasteiger partial charge < -0.3 is 9.84 Å². The van der Waals surface area contributed by atoms with Gasteiger partial charge in [-0.25, -0.2) is 4.79 Å². The first-order valence-corrected chi connectivity index (χ1v) is 5.19. The van der Waals surface area contributed by atoms with Gasteiger partial charge in [0, 0.05) is 0 Å². The maximum atomic E-state index is 13.2. The first kappa shape index (κ1) is 12.1. The van der Waals surface area contributed by atoms with Crippen molar-refractivity contribution in [1.82, 2.24) is 0 Å². The monoisotopic (exact) mass is 236 g/mol. The van der Waals surface area contributed by atoms with E-state index in [-0.39, 0.29) is 12.2 Å². The van der Waals surface area contributed by atoms with Gasteiger partial charge in [-0.1, -0.05) is 0 Å². The molecule has 0 fully saturated rings. The Hall–Kier alpha value is -1.01. The van der Waals surface area contributed by atoms with Crippen LogP contribution in [0.2, 0.25) is 0 Å². The Bertz CT molecular complexity index is 324. The Morgan fingerprint density at radius 1 is 1.73 bits per heavy atom. The zero-order valence-electron chi connectivity index (χ0n) is 7.94. The molecule has 0 radical (unpaired) electrons. The van der Waals surface area contributed by atoms with E-state index in [9.17, 15) is 18.7 Å². The van der Waals surface area contributed by atoms with Gasteiger partial charge in [0.05, 0.1) is 6.61 Å². The van der Waals surface area contributed by atoms with Crippen LogP contribution in [0.3, 0.4) is 0 Å². The fraction of sp³-hybridized carbons (Fsp3) is 0.444. The molecule has 1 aromatic heterocycles. The average Bonchev–Trinajstić information content (AvgIpc) is 2.69. The molecule has 84 valence electrons. The van der Waals surface area contributed by atoms with Crippen molar-refractivity contribution < 1.29 is 23.4 Å². The van der Waals surface area contributed by atoms with Gasteiger partial charge in [-0.3, -0.25) is 0 Å². The number of rotatable bonds is 4. The molecular formula is C9H10F2O3S. The van der Waals surface area contributed by atoms with Crippen molar-refractivity contribution in [2.75, 3.05) is 6.61 Å². The molecule has 1 atom stereocenters. The largest absolute Gasteiger partial charge is 0.461 e. The third-order valence-electron chi connectivity index (χ3n) is 1.75. The van der Waals surface area contributed by atoms with E-state index >= 15 is 0 Å². The number of aliphatic hydroxyl groups is 1. The topological polar surface area (TPSA) is 46.5 Å². The molecule has 0 bridgehead atoms. The summed E-state index contributed by atoms with van der Waals surface area (Å²) in [5.41, 5.74) is 0.0121. The van der Waals surface area contributed by atoms with Crippen LogP contribution in [0.5, 0.6) is 0 Å². The van der Waals surface area contributed by atoms with Crippen LogP contribution in [0.1, 0.15) is 18.6 Å². The highest BCUT2D eigenvalue weighted by Crippen LogP contribution is 2.33. The van der Waals surface area contributed by atoms with Crippen molar-refractivity contribution in [3.63, 3.8) is 0 Å². The van der Waals surface area contributed by atoms with Crippen molar-refractivity contribution in [2.45, 2.75) is 19.0 Å². The highest BCUT2D eigenvalue weighted by molar-refractivity contribution is 7.07. The lowest BCUT2D eigenvalue weighted by Gasteiger charge is -2.19. The first-order chi connectivity index (χ1) is 7.00. The maximum absolute atomic E-state index is 13.2. The number of aliphatic hydroxyl groups excluding tert-OH is 1. The molecule has 0 spiro atoms. The molecule has 0 aliphatic carbocycles. The van der Waals surface area contributed by atoms with Crippen molar-refractivity contribution in [3.05, 3.63) is 22.4 Å². The minimum absolute atomic E-state index is 0.0121. The van der Waals surface area contributed by atoms with Crippen molar-refractivity contribution >= 4 is 17.3 Å². The van der Waals surface area contributed by atoms with E-state index in [0.717, 1.165) is 11.3 Å². The molecule has 0 amide bonds. The quantitative estimate of drug-likeness (QED) is 0.813. The Kier molecular flexibility index (Phi) is 3.76. The van der Waals surface area contributed by atoms with Crippen LogP contribution in [-0.4, -0.2) is 23.6 Å². The van der Waals surface area contributed by atoms with Crippen LogP contribution in [0.15, 0.2) is 16.8 Å². The van der Waals surface area contributed by atoms with Gasteiger partial charge >= 0.3 is 11.9 Å². The van der Waals surface area contributed by atoms with Crippen molar-refractivity contribution in [1.29, 1.82) is 0 Å². The SMILES string of the molecule is CCOC(=O)C(F)(F)C(O)c1ccsc1. The number of carbonyl (C=O) groups is 1. The molecule has 15 heavy (non-hydrogen) atoms. The molecule has 1 rings (SSSR count). The van der Waals surface area contributed by atoms with Gasteiger partial charge in [-0.05, 0) is 29.3 Å². The lowest BCUT2D eigenvalue weighted by molar-refractivity contribution is -0.189. The second kappa shape index (κ2) is 4.67. The molecule has 0 aliphatic rings. The minimum atomic E-state index is -3.91. The zero-order chi connectivity index (χ0) is 11.5. The van der Waals surface area contributed by atoms with Crippen LogP contribution in [0.4, 0.5) is 8.78 Å². The second-order valence-corrected chi connectivity index (χ2v) is 3.58. The summed E-state index contributed by atoms with van der Waals surface area (Å²) < 4.78 is 30.7. The minimum Gasteiger partial charge on any atom is -0.461 e. The van der Waals surface area contributed by atoms with Crippen molar-refractivity contribution in [3.8, 4) is 0 Å². The van der Waals surface area contributed by atoms with E-state index in [1.54, 1.807) is 5.38 Å². The molecule has 3 nitrogen and oxygen atoms in total. The molecule has 1 unspecified atom stereocenters. The van der Waals surface area contributed by atoms with Crippen LogP contribution >= 0.6 is 11.3 Å². The number of hydrogen-bond acceptors (Lipinski definition) is 4. The summed E-state index contributed by atoms with van der Waals surface area (Å²) in [5.74, 6) is -5.61. The van der Waals surface area contributed by atoms with Gasteiger partial charge in [0.2, 0.25) is 0 Å². The van der Waals surface area contributed by atoms with E-state index in [4.69, 9.17) is 0 Å². The highest BCUT2D eigenvalue weighted by Gasteiger charge is 2.49. The third-order valence-corrected chi connectivity index (χ3v) is 2.45. The number of esters is 1. The van der Waals surface area contributed by atoms with Gasteiger partial charge in [0.15, 0.2) is 6.10 Å². The maximum Gasteiger partial charge on any atom is 0.380 e. The predicted octanol–water partition coefficient (Wildman–Crippen LogP) is 1.98. The Morgan fingerprint density at radius 3 is 2.87 bits per heavy atom. The van der Waals surface area contributed by atoms with Gasteiger partial charge in [0.1, 0.15) is 0 Å². The molecule has 6 heteroatoms. The highest BCUT2D eigenvalue weighted by atomic mass is 32.1. The fourth-order valence-electron chi connectivity index (χ4n) is 0.979. The normalized spacial score (nSPS) is 13.6. The molecule has 1 N–H and O–H groups in total. The van der Waals surface area contributed by atoms with Crippen LogP contribution in [0.25, 0.3) is 0 Å². The van der Waals surface area contributed by atoms with Gasteiger partial charge in [0.25, 0.3) is 0 Å². The zero-order valence-corrected chi connectivity index (χ0v) is 8.76. The number of thiophene rings is 1. The summed E-state index contributed by atoms with van der Waals surface area (Å²) in [6.45, 7) is 1.27. The molecule has 0 saturated carbocycles. The first-order valence-electron chi connectivity index (χ1n) is 4.25. The second-order valence-electron chi connectivity index (χ2n) is 2.80. The number of halogens is 2. The van der Waals surface area contributed by atoms with Gasteiger partial charge in [-0.2, -0.15) is 20.1 Å². The molecule has 0 aromatic carbocycles. The molecule has 1 heterocycles. The number of ether oxygens (including phenoxy) is 1. The summed E-state index contributed by atoms with van der Waals surface area (Å²) in [4.78, 5) is 10.9. The summed E-state index contributed by atoms with van der Waals surface area (Å²) in [5, 5.41) is 12.2. The summed E-state index contributed by atoms with van der Waals surface area (Å²) in [6, 6.07) is 1.34. The Morgan fingerprint density at radius 2 is 2.40 bits per heavy atom. The molecule has 0 aliphatic heterocycles. The fourth-order valence-corrected chi connectivity index (χ4v) is 1.66. The Labute approximate surface area is 89.3 Å². The Balaban J connectivity index is 2.81. The number of alkyl halides is 2. The van der Waals surface area contributed by atoms with Crippen LogP contribution in [-0.2, 0) is 9.53 Å². The van der Waals surface area contributed by atoms with E-state index in [1.165, 1.54) is 18.4 Å². The summed E-state index contributed by atoms with van der Waals surface area (Å²) in [7, 11) is 0. The summed E-state index contributed by atoms with van der Waals surface area (Å²) >= 11 is 1.16. The molecule has 1 aromatic rings. The van der Waals surface area contributed by atoms with E-state index in [0.29, 0.717) is 0 Å². The van der Waals surface area contributed by atoms with Crippen molar-refractivity contribution in [2.24, 2.45) is 0 Å². The number of carbonyl (C=O) groups excluding carboxylic acids is 1. The predicted molar refractivity (Wildman–Crippen MR) is 50.9 cm³/mol. The third kappa shape index (κ3) is 2.51. The lowest BCUT2D eigenvalue weighted by Crippen LogP contribution is -2.37. The van der Waals surface area contributed by atoms with Crippen LogP contribution < -0.4 is 0 Å². The van der Waals surface area contributed by atoms with Gasteiger partial charge in [-0.15, -0.1) is 0 Å². The standard InChI is InChI=1S/C9H10F2O3S/c1-2-14-8(13)9(10,11)7(12)6-3-4-15-5-6/h3-5,7,12H,2H2,1H3.